The van der Waals surface area contributed by atoms with Gasteiger partial charge in [-0.25, -0.2) is 4.98 Å². The Balaban J connectivity index is 1.64. The molecule has 8 heteroatoms. The molecule has 0 saturated heterocycles. The van der Waals surface area contributed by atoms with Gasteiger partial charge in [0.05, 0.1) is 11.8 Å². The normalized spacial score (nSPS) is 14.3. The number of furan rings is 1. The summed E-state index contributed by atoms with van der Waals surface area (Å²) in [6, 6.07) is 5.27. The van der Waals surface area contributed by atoms with Crippen molar-refractivity contribution >= 4 is 22.9 Å². The molecule has 0 radical (unpaired) electrons. The minimum absolute atomic E-state index is 0.277. The Bertz CT molecular complexity index is 948. The maximum Gasteiger partial charge on any atom is 0.416 e. The number of hydrogen-bond donors (Lipinski definition) is 0. The zero-order chi connectivity index (χ0) is 18.3. The molecule has 134 valence electrons. The van der Waals surface area contributed by atoms with Gasteiger partial charge in [0.1, 0.15) is 17.0 Å². The van der Waals surface area contributed by atoms with Crippen LogP contribution >= 0.6 is 11.3 Å². The molecule has 1 aliphatic heterocycles. The number of aromatic nitrogens is 1. The Morgan fingerprint density at radius 2 is 2.12 bits per heavy atom. The van der Waals surface area contributed by atoms with Crippen LogP contribution in [0.2, 0.25) is 0 Å². The highest BCUT2D eigenvalue weighted by Crippen LogP contribution is 2.36. The topological polar surface area (TPSA) is 46.3 Å². The Labute approximate surface area is 150 Å². The number of fused-ring (bicyclic) bond motifs is 1. The summed E-state index contributed by atoms with van der Waals surface area (Å²) in [6.07, 6.45) is -0.200. The molecule has 0 N–H and O–H groups in total. The summed E-state index contributed by atoms with van der Waals surface area (Å²) in [5, 5.41) is 2.31. The van der Waals surface area contributed by atoms with Crippen molar-refractivity contribution in [2.24, 2.45) is 0 Å². The Kier molecular flexibility index (Phi) is 4.07. The van der Waals surface area contributed by atoms with Crippen LogP contribution in [0.1, 0.15) is 28.0 Å². The Morgan fingerprint density at radius 1 is 1.27 bits per heavy atom. The molecule has 3 heterocycles. The number of aryl methyl sites for hydroxylation is 1. The average Bonchev–Trinajstić information content (AvgIpc) is 3.30. The standard InChI is InChI=1S/C18H13F3N2O2S/c19-18(20,21)13-3-4-15-11(8-13)2-1-6-23(15)17(24)14-10-26-16(22-14)12-5-7-25-9-12/h3-5,7-10H,1-2,6H2. The second kappa shape index (κ2) is 6.28. The molecular formula is C18H13F3N2O2S. The highest BCUT2D eigenvalue weighted by Gasteiger charge is 2.33. The zero-order valence-corrected chi connectivity index (χ0v) is 14.2. The van der Waals surface area contributed by atoms with Gasteiger partial charge in [-0.05, 0) is 42.7 Å². The molecule has 0 saturated carbocycles. The lowest BCUT2D eigenvalue weighted by Gasteiger charge is -2.29. The molecule has 1 aliphatic rings. The number of carbonyl (C=O) groups excluding carboxylic acids is 1. The molecule has 4 nitrogen and oxygen atoms in total. The molecule has 26 heavy (non-hydrogen) atoms. The quantitative estimate of drug-likeness (QED) is 0.629. The van der Waals surface area contributed by atoms with Crippen molar-refractivity contribution in [3.05, 3.63) is 59.0 Å². The van der Waals surface area contributed by atoms with E-state index in [2.05, 4.69) is 4.98 Å². The molecule has 1 amide bonds. The van der Waals surface area contributed by atoms with Crippen molar-refractivity contribution in [3.8, 4) is 10.6 Å². The van der Waals surface area contributed by atoms with Crippen molar-refractivity contribution in [2.45, 2.75) is 19.0 Å². The van der Waals surface area contributed by atoms with Crippen LogP contribution in [0, 0.1) is 0 Å². The van der Waals surface area contributed by atoms with Gasteiger partial charge < -0.3 is 9.32 Å². The number of carbonyl (C=O) groups is 1. The summed E-state index contributed by atoms with van der Waals surface area (Å²) in [7, 11) is 0. The molecule has 4 rings (SSSR count). The number of rotatable bonds is 2. The Morgan fingerprint density at radius 3 is 2.85 bits per heavy atom. The zero-order valence-electron chi connectivity index (χ0n) is 13.4. The fourth-order valence-corrected chi connectivity index (χ4v) is 3.79. The average molecular weight is 378 g/mol. The van der Waals surface area contributed by atoms with Gasteiger partial charge in [-0.15, -0.1) is 11.3 Å². The SMILES string of the molecule is O=C(c1csc(-c2ccoc2)n1)N1CCCc2cc(C(F)(F)F)ccc21. The van der Waals surface area contributed by atoms with Gasteiger partial charge in [0.15, 0.2) is 0 Å². The predicted molar refractivity (Wildman–Crippen MR) is 91.3 cm³/mol. The summed E-state index contributed by atoms with van der Waals surface area (Å²) in [4.78, 5) is 18.7. The molecule has 0 bridgehead atoms. The predicted octanol–water partition coefficient (Wildman–Crippen LogP) is 5.01. The first-order valence-electron chi connectivity index (χ1n) is 7.93. The van der Waals surface area contributed by atoms with E-state index in [-0.39, 0.29) is 11.6 Å². The molecular weight excluding hydrogens is 365 g/mol. The minimum atomic E-state index is -4.39. The second-order valence-corrected chi connectivity index (χ2v) is 6.81. The summed E-state index contributed by atoms with van der Waals surface area (Å²) in [6.45, 7) is 0.454. The first kappa shape index (κ1) is 16.8. The third-order valence-electron chi connectivity index (χ3n) is 4.26. The molecule has 2 aromatic heterocycles. The number of thiazole rings is 1. The van der Waals surface area contributed by atoms with E-state index in [4.69, 9.17) is 4.42 Å². The van der Waals surface area contributed by atoms with Gasteiger partial charge in [-0.1, -0.05) is 0 Å². The van der Waals surface area contributed by atoms with E-state index >= 15 is 0 Å². The van der Waals surface area contributed by atoms with Gasteiger partial charge in [0.2, 0.25) is 0 Å². The molecule has 3 aromatic rings. The summed E-state index contributed by atoms with van der Waals surface area (Å²) >= 11 is 1.32. The fourth-order valence-electron chi connectivity index (χ4n) is 3.01. The summed E-state index contributed by atoms with van der Waals surface area (Å²) < 4.78 is 43.8. The molecule has 1 aromatic carbocycles. The first-order valence-corrected chi connectivity index (χ1v) is 8.81. The number of nitrogens with zero attached hydrogens (tertiary/aromatic N) is 2. The number of alkyl halides is 3. The molecule has 0 atom stereocenters. The third kappa shape index (κ3) is 3.01. The third-order valence-corrected chi connectivity index (χ3v) is 5.15. The minimum Gasteiger partial charge on any atom is -0.472 e. The van der Waals surface area contributed by atoms with E-state index in [1.807, 2.05) is 0 Å². The monoisotopic (exact) mass is 378 g/mol. The largest absolute Gasteiger partial charge is 0.472 e. The van der Waals surface area contributed by atoms with Crippen LogP contribution < -0.4 is 4.90 Å². The van der Waals surface area contributed by atoms with Crippen LogP contribution in [0.25, 0.3) is 10.6 Å². The maximum absolute atomic E-state index is 12.9. The van der Waals surface area contributed by atoms with E-state index in [0.29, 0.717) is 35.6 Å². The van der Waals surface area contributed by atoms with Crippen molar-refractivity contribution < 1.29 is 22.4 Å². The lowest BCUT2D eigenvalue weighted by molar-refractivity contribution is -0.137. The highest BCUT2D eigenvalue weighted by molar-refractivity contribution is 7.13. The van der Waals surface area contributed by atoms with Gasteiger partial charge >= 0.3 is 6.18 Å². The lowest BCUT2D eigenvalue weighted by atomic mass is 9.98. The molecule has 0 fully saturated rings. The fraction of sp³-hybridized carbons (Fsp3) is 0.222. The first-order chi connectivity index (χ1) is 12.4. The number of anilines is 1. The Hall–Kier alpha value is -2.61. The maximum atomic E-state index is 12.9. The van der Waals surface area contributed by atoms with E-state index < -0.39 is 11.7 Å². The number of benzene rings is 1. The highest BCUT2D eigenvalue weighted by atomic mass is 32.1. The van der Waals surface area contributed by atoms with Crippen molar-refractivity contribution in [1.29, 1.82) is 0 Å². The lowest BCUT2D eigenvalue weighted by Crippen LogP contribution is -2.35. The smallest absolute Gasteiger partial charge is 0.416 e. The second-order valence-electron chi connectivity index (χ2n) is 5.95. The summed E-state index contributed by atoms with van der Waals surface area (Å²) in [5.41, 5.74) is 1.42. The molecule has 0 unspecified atom stereocenters. The number of amides is 1. The van der Waals surface area contributed by atoms with Gasteiger partial charge in [0.25, 0.3) is 5.91 Å². The van der Waals surface area contributed by atoms with Crippen LogP contribution in [-0.4, -0.2) is 17.4 Å². The van der Waals surface area contributed by atoms with Crippen molar-refractivity contribution in [3.63, 3.8) is 0 Å². The van der Waals surface area contributed by atoms with E-state index in [1.54, 1.807) is 17.7 Å². The number of halogens is 3. The van der Waals surface area contributed by atoms with E-state index in [1.165, 1.54) is 28.6 Å². The number of hydrogen-bond acceptors (Lipinski definition) is 4. The van der Waals surface area contributed by atoms with E-state index in [0.717, 1.165) is 17.7 Å². The summed E-state index contributed by atoms with van der Waals surface area (Å²) in [5.74, 6) is -0.309. The van der Waals surface area contributed by atoms with Crippen molar-refractivity contribution in [2.75, 3.05) is 11.4 Å². The van der Waals surface area contributed by atoms with Crippen LogP contribution in [0.15, 0.2) is 46.6 Å². The van der Waals surface area contributed by atoms with Gasteiger partial charge in [0, 0.05) is 23.2 Å². The van der Waals surface area contributed by atoms with Crippen LogP contribution in [-0.2, 0) is 12.6 Å². The van der Waals surface area contributed by atoms with Crippen molar-refractivity contribution in [1.82, 2.24) is 4.98 Å². The molecule has 0 aliphatic carbocycles. The molecule has 0 spiro atoms. The van der Waals surface area contributed by atoms with Gasteiger partial charge in [-0.3, -0.25) is 4.79 Å². The van der Waals surface area contributed by atoms with Crippen LogP contribution in [0.3, 0.4) is 0 Å². The van der Waals surface area contributed by atoms with Crippen LogP contribution in [0.5, 0.6) is 0 Å². The van der Waals surface area contributed by atoms with Crippen LogP contribution in [0.4, 0.5) is 18.9 Å². The van der Waals surface area contributed by atoms with Gasteiger partial charge in [-0.2, -0.15) is 13.2 Å². The van der Waals surface area contributed by atoms with E-state index in [9.17, 15) is 18.0 Å².